The van der Waals surface area contributed by atoms with E-state index < -0.39 is 0 Å². The minimum absolute atomic E-state index is 0.197. The Morgan fingerprint density at radius 3 is 2.44 bits per heavy atom. The van der Waals surface area contributed by atoms with Crippen LogP contribution in [0.3, 0.4) is 0 Å². The third-order valence-corrected chi connectivity index (χ3v) is 8.55. The Hall–Kier alpha value is -1.95. The molecular formula is C27H33Cl2N3O2. The zero-order valence-corrected chi connectivity index (χ0v) is 21.1. The summed E-state index contributed by atoms with van der Waals surface area (Å²) in [5.41, 5.74) is 2.17. The third-order valence-electron chi connectivity index (χ3n) is 7.83. The van der Waals surface area contributed by atoms with Crippen LogP contribution >= 0.6 is 23.2 Å². The summed E-state index contributed by atoms with van der Waals surface area (Å²) in [6, 6.07) is 5.61. The first-order valence-corrected chi connectivity index (χ1v) is 13.1. The minimum atomic E-state index is -0.197. The van der Waals surface area contributed by atoms with Gasteiger partial charge < -0.3 is 20.4 Å². The Morgan fingerprint density at radius 2 is 1.76 bits per heavy atom. The van der Waals surface area contributed by atoms with Gasteiger partial charge in [-0.3, -0.25) is 4.79 Å². The Balaban J connectivity index is 1.08. The molecule has 4 bridgehead atoms. The number of carbonyl (C=O) groups excluding carboxylic acids is 1. The highest BCUT2D eigenvalue weighted by atomic mass is 35.5. The van der Waals surface area contributed by atoms with Crippen molar-refractivity contribution in [2.24, 2.45) is 17.8 Å². The van der Waals surface area contributed by atoms with Gasteiger partial charge in [-0.15, -0.1) is 0 Å². The molecule has 3 N–H and O–H groups in total. The second-order valence-corrected chi connectivity index (χ2v) is 11.2. The molecular weight excluding hydrogens is 469 g/mol. The first-order chi connectivity index (χ1) is 16.4. The highest BCUT2D eigenvalue weighted by molar-refractivity contribution is 6.42. The first-order valence-electron chi connectivity index (χ1n) is 12.4. The van der Waals surface area contributed by atoms with E-state index in [0.29, 0.717) is 22.1 Å². The van der Waals surface area contributed by atoms with Gasteiger partial charge in [0.1, 0.15) is 0 Å². The van der Waals surface area contributed by atoms with Crippen LogP contribution in [-0.4, -0.2) is 36.6 Å². The number of H-pyrrole nitrogens is 1. The van der Waals surface area contributed by atoms with Gasteiger partial charge in [-0.25, -0.2) is 0 Å². The Bertz CT molecular complexity index is 1050. The van der Waals surface area contributed by atoms with Crippen LogP contribution in [0, 0.1) is 17.8 Å². The van der Waals surface area contributed by atoms with Gasteiger partial charge in [0.2, 0.25) is 0 Å². The number of nitrogens with one attached hydrogen (secondary N) is 3. The maximum Gasteiger partial charge on any atom is 0.286 e. The summed E-state index contributed by atoms with van der Waals surface area (Å²) in [6.07, 6.45) is 14.7. The van der Waals surface area contributed by atoms with Crippen molar-refractivity contribution in [2.75, 3.05) is 20.2 Å². The molecule has 4 aliphatic rings. The van der Waals surface area contributed by atoms with Crippen LogP contribution in [0.4, 0.5) is 0 Å². The molecule has 4 fully saturated rings. The van der Waals surface area contributed by atoms with Gasteiger partial charge in [0, 0.05) is 28.7 Å². The van der Waals surface area contributed by atoms with Crippen LogP contribution in [0.2, 0.25) is 10.0 Å². The van der Waals surface area contributed by atoms with Crippen LogP contribution in [-0.2, 0) is 9.53 Å². The fourth-order valence-corrected chi connectivity index (χ4v) is 7.11. The van der Waals surface area contributed by atoms with Gasteiger partial charge in [0.25, 0.3) is 5.91 Å². The average Bonchev–Trinajstić information content (AvgIpc) is 3.17. The summed E-state index contributed by atoms with van der Waals surface area (Å²) in [5.74, 6) is 2.92. The van der Waals surface area contributed by atoms with E-state index in [1.165, 1.54) is 45.6 Å². The molecule has 1 amide bonds. The molecule has 1 aromatic carbocycles. The molecule has 0 atom stereocenters. The Labute approximate surface area is 211 Å². The predicted molar refractivity (Wildman–Crippen MR) is 139 cm³/mol. The molecule has 182 valence electrons. The number of allylic oxidation sites excluding steroid dienone is 2. The molecule has 34 heavy (non-hydrogen) atoms. The summed E-state index contributed by atoms with van der Waals surface area (Å²) in [6.45, 7) is 1.58. The number of amides is 1. The summed E-state index contributed by atoms with van der Waals surface area (Å²) >= 11 is 12.2. The lowest BCUT2D eigenvalue weighted by atomic mass is 9.53. The number of hydrogen-bond donors (Lipinski definition) is 3. The fourth-order valence-electron chi connectivity index (χ4n) is 6.77. The molecule has 7 heteroatoms. The lowest BCUT2D eigenvalue weighted by Gasteiger charge is -2.57. The minimum Gasteiger partial charge on any atom is -0.491 e. The van der Waals surface area contributed by atoms with E-state index in [0.717, 1.165) is 47.3 Å². The summed E-state index contributed by atoms with van der Waals surface area (Å²) in [7, 11) is 1.51. The summed E-state index contributed by atoms with van der Waals surface area (Å²) in [4.78, 5) is 15.8. The smallest absolute Gasteiger partial charge is 0.286 e. The van der Waals surface area contributed by atoms with Gasteiger partial charge in [-0.2, -0.15) is 0 Å². The monoisotopic (exact) mass is 501 g/mol. The first kappa shape index (κ1) is 23.8. The zero-order valence-electron chi connectivity index (χ0n) is 19.6. The maximum absolute atomic E-state index is 12.5. The average molecular weight is 502 g/mol. The lowest BCUT2D eigenvalue weighted by molar-refractivity contribution is -0.120. The molecule has 6 rings (SSSR count). The molecule has 5 nitrogen and oxygen atoms in total. The van der Waals surface area contributed by atoms with Crippen LogP contribution in [0.1, 0.15) is 50.6 Å². The molecule has 0 radical (unpaired) electrons. The quantitative estimate of drug-likeness (QED) is 0.168. The van der Waals surface area contributed by atoms with Crippen molar-refractivity contribution in [1.82, 2.24) is 15.6 Å². The largest absolute Gasteiger partial charge is 0.491 e. The van der Waals surface area contributed by atoms with E-state index in [1.54, 1.807) is 18.2 Å². The lowest BCUT2D eigenvalue weighted by Crippen LogP contribution is -2.58. The molecule has 0 spiro atoms. The van der Waals surface area contributed by atoms with Crippen LogP contribution < -0.4 is 10.6 Å². The number of rotatable bonds is 9. The van der Waals surface area contributed by atoms with Crippen molar-refractivity contribution in [2.45, 2.75) is 50.5 Å². The number of benzene rings is 1. The van der Waals surface area contributed by atoms with E-state index in [1.807, 2.05) is 18.2 Å². The normalized spacial score (nSPS) is 28.2. The molecule has 4 aliphatic carbocycles. The van der Waals surface area contributed by atoms with Crippen LogP contribution in [0.25, 0.3) is 17.0 Å². The van der Waals surface area contributed by atoms with E-state index >= 15 is 0 Å². The number of aromatic nitrogens is 1. The zero-order chi connectivity index (χ0) is 23.7. The standard InChI is InChI=1S/C27H33Cl2N3O2/c1-34-25(5-2-4-21-11-20-12-22(28)23(29)13-24(20)32-21)26(33)30-6-3-7-31-27-14-17-8-18(15-27)10-19(9-17)16-27/h2,4-5,11-13,17-19,31-32H,3,6-10,14-16H2,1H3,(H,30,33)/b4-2+,25-5-. The van der Waals surface area contributed by atoms with Crippen molar-refractivity contribution in [3.05, 3.63) is 51.8 Å². The van der Waals surface area contributed by atoms with Crippen molar-refractivity contribution in [1.29, 1.82) is 0 Å². The van der Waals surface area contributed by atoms with Crippen LogP contribution in [0.5, 0.6) is 0 Å². The maximum atomic E-state index is 12.5. The second-order valence-electron chi connectivity index (χ2n) is 10.4. The van der Waals surface area contributed by atoms with E-state index in [-0.39, 0.29) is 11.7 Å². The second kappa shape index (κ2) is 9.96. The topological polar surface area (TPSA) is 66.2 Å². The molecule has 0 aliphatic heterocycles. The number of carbonyl (C=O) groups is 1. The molecule has 2 aromatic rings. The number of ether oxygens (including phenoxy) is 1. The number of halogens is 2. The molecule has 4 saturated carbocycles. The number of aromatic amines is 1. The van der Waals surface area contributed by atoms with Gasteiger partial charge >= 0.3 is 0 Å². The van der Waals surface area contributed by atoms with E-state index in [9.17, 15) is 4.79 Å². The van der Waals surface area contributed by atoms with E-state index in [2.05, 4.69) is 15.6 Å². The number of hydrogen-bond acceptors (Lipinski definition) is 3. The highest BCUT2D eigenvalue weighted by Gasteiger charge is 2.50. The predicted octanol–water partition coefficient (Wildman–Crippen LogP) is 6.08. The molecule has 1 heterocycles. The molecule has 0 unspecified atom stereocenters. The number of fused-ring (bicyclic) bond motifs is 1. The Kier molecular flexibility index (Phi) is 6.97. The van der Waals surface area contributed by atoms with Crippen LogP contribution in [0.15, 0.2) is 36.1 Å². The van der Waals surface area contributed by atoms with Crippen molar-refractivity contribution < 1.29 is 9.53 Å². The van der Waals surface area contributed by atoms with Gasteiger partial charge in [0.05, 0.1) is 17.2 Å². The van der Waals surface area contributed by atoms with Crippen molar-refractivity contribution in [3.8, 4) is 0 Å². The Morgan fingerprint density at radius 1 is 1.09 bits per heavy atom. The van der Waals surface area contributed by atoms with Crippen molar-refractivity contribution >= 4 is 46.1 Å². The molecule has 1 aromatic heterocycles. The van der Waals surface area contributed by atoms with Crippen molar-refractivity contribution in [3.63, 3.8) is 0 Å². The number of methoxy groups -OCH3 is 1. The van der Waals surface area contributed by atoms with E-state index in [4.69, 9.17) is 27.9 Å². The van der Waals surface area contributed by atoms with Gasteiger partial charge in [-0.1, -0.05) is 29.3 Å². The SMILES string of the molecule is CO/C(=C\C=C\c1cc2cc(Cl)c(Cl)cc2[nH]1)C(=O)NCCCNC12CC3CC(CC(C3)C1)C2. The summed E-state index contributed by atoms with van der Waals surface area (Å²) < 4.78 is 5.30. The van der Waals surface area contributed by atoms with Gasteiger partial charge in [-0.05, 0) is 99.6 Å². The third kappa shape index (κ3) is 5.17. The molecule has 0 saturated heterocycles. The fraction of sp³-hybridized carbons (Fsp3) is 0.519. The summed E-state index contributed by atoms with van der Waals surface area (Å²) in [5, 5.41) is 8.88. The van der Waals surface area contributed by atoms with Gasteiger partial charge in [0.15, 0.2) is 5.76 Å². The highest BCUT2D eigenvalue weighted by Crippen LogP contribution is 2.55.